The van der Waals surface area contributed by atoms with E-state index in [4.69, 9.17) is 5.11 Å². The molecule has 6 nitrogen and oxygen atoms in total. The van der Waals surface area contributed by atoms with E-state index in [2.05, 4.69) is 25.6 Å². The van der Waals surface area contributed by atoms with Gasteiger partial charge in [-0.05, 0) is 34.5 Å². The first kappa shape index (κ1) is 13.9. The fraction of sp³-hybridized carbons (Fsp3) is 0.333. The summed E-state index contributed by atoms with van der Waals surface area (Å²) in [5.41, 5.74) is 1.10. The number of nitrogens with zero attached hydrogens (tertiary/aromatic N) is 1. The summed E-state index contributed by atoms with van der Waals surface area (Å²) >= 11 is 3.19. The quantitative estimate of drug-likeness (QED) is 0.798. The molecule has 94 valence electrons. The molecule has 0 bridgehead atoms. The Morgan fingerprint density at radius 1 is 1.59 bits per heavy atom. The summed E-state index contributed by atoms with van der Waals surface area (Å²) in [6, 6.07) is 1.61. The van der Waals surface area contributed by atoms with E-state index in [0.29, 0.717) is 10.3 Å². The van der Waals surface area contributed by atoms with Gasteiger partial charge in [0.1, 0.15) is 4.60 Å². The molecular formula is C9H11BrN2O4S. The van der Waals surface area contributed by atoms with Gasteiger partial charge in [0.2, 0.25) is 10.0 Å². The predicted octanol–water partition coefficient (Wildman–Crippen LogP) is 1.37. The fourth-order valence-electron chi connectivity index (χ4n) is 1.07. The van der Waals surface area contributed by atoms with Crippen LogP contribution in [0, 0.1) is 6.92 Å². The van der Waals surface area contributed by atoms with Crippen molar-refractivity contribution in [2.24, 2.45) is 0 Å². The van der Waals surface area contributed by atoms with Gasteiger partial charge in [-0.3, -0.25) is 9.52 Å². The molecule has 17 heavy (non-hydrogen) atoms. The number of anilines is 1. The highest BCUT2D eigenvalue weighted by molar-refractivity contribution is 9.10. The van der Waals surface area contributed by atoms with Crippen LogP contribution in [0.2, 0.25) is 0 Å². The third-order valence-electron chi connectivity index (χ3n) is 1.87. The van der Waals surface area contributed by atoms with E-state index in [1.54, 1.807) is 13.0 Å². The van der Waals surface area contributed by atoms with Crippen LogP contribution < -0.4 is 4.72 Å². The first-order valence-electron chi connectivity index (χ1n) is 4.64. The molecule has 1 aromatic heterocycles. The van der Waals surface area contributed by atoms with E-state index >= 15 is 0 Å². The number of rotatable bonds is 5. The van der Waals surface area contributed by atoms with E-state index in [1.807, 2.05) is 0 Å². The summed E-state index contributed by atoms with van der Waals surface area (Å²) in [5, 5.41) is 8.41. The van der Waals surface area contributed by atoms with Gasteiger partial charge in [0.15, 0.2) is 0 Å². The Kier molecular flexibility index (Phi) is 4.47. The highest BCUT2D eigenvalue weighted by Gasteiger charge is 2.13. The SMILES string of the molecule is Cc1cc(NS(=O)(=O)CCC(=O)O)cnc1Br. The number of sulfonamides is 1. The van der Waals surface area contributed by atoms with Crippen molar-refractivity contribution in [1.29, 1.82) is 0 Å². The van der Waals surface area contributed by atoms with E-state index < -0.39 is 28.2 Å². The highest BCUT2D eigenvalue weighted by atomic mass is 79.9. The maximum atomic E-state index is 11.5. The van der Waals surface area contributed by atoms with Crippen molar-refractivity contribution in [3.63, 3.8) is 0 Å². The Morgan fingerprint density at radius 3 is 2.76 bits per heavy atom. The Balaban J connectivity index is 2.76. The third kappa shape index (κ3) is 4.70. The molecule has 0 saturated carbocycles. The van der Waals surface area contributed by atoms with Crippen LogP contribution in [-0.2, 0) is 14.8 Å². The van der Waals surface area contributed by atoms with Crippen molar-refractivity contribution in [3.8, 4) is 0 Å². The monoisotopic (exact) mass is 322 g/mol. The first-order valence-corrected chi connectivity index (χ1v) is 7.09. The highest BCUT2D eigenvalue weighted by Crippen LogP contribution is 2.17. The van der Waals surface area contributed by atoms with E-state index in [9.17, 15) is 13.2 Å². The number of carboxylic acid groups (broad SMARTS) is 1. The number of aliphatic carboxylic acids is 1. The van der Waals surface area contributed by atoms with Crippen molar-refractivity contribution in [2.75, 3.05) is 10.5 Å². The molecule has 0 fully saturated rings. The maximum Gasteiger partial charge on any atom is 0.304 e. The van der Waals surface area contributed by atoms with Crippen molar-refractivity contribution in [1.82, 2.24) is 4.98 Å². The smallest absolute Gasteiger partial charge is 0.304 e. The van der Waals surface area contributed by atoms with Gasteiger partial charge in [0.25, 0.3) is 0 Å². The largest absolute Gasteiger partial charge is 0.481 e. The first-order chi connectivity index (χ1) is 7.80. The Morgan fingerprint density at radius 2 is 2.24 bits per heavy atom. The van der Waals surface area contributed by atoms with Crippen LogP contribution in [0.4, 0.5) is 5.69 Å². The van der Waals surface area contributed by atoms with Crippen LogP contribution in [0.1, 0.15) is 12.0 Å². The van der Waals surface area contributed by atoms with Gasteiger partial charge < -0.3 is 5.11 Å². The van der Waals surface area contributed by atoms with Gasteiger partial charge in [-0.1, -0.05) is 0 Å². The van der Waals surface area contributed by atoms with Crippen LogP contribution in [0.25, 0.3) is 0 Å². The molecule has 0 aliphatic carbocycles. The molecule has 8 heteroatoms. The molecule has 1 rings (SSSR count). The van der Waals surface area contributed by atoms with Crippen molar-refractivity contribution < 1.29 is 18.3 Å². The number of hydrogen-bond acceptors (Lipinski definition) is 4. The van der Waals surface area contributed by atoms with Crippen LogP contribution in [0.15, 0.2) is 16.9 Å². The number of carboxylic acids is 1. The standard InChI is InChI=1S/C9H11BrN2O4S/c1-6-4-7(5-11-9(6)10)12-17(15,16)3-2-8(13)14/h4-5,12H,2-3H2,1H3,(H,13,14). The van der Waals surface area contributed by atoms with Gasteiger partial charge in [-0.2, -0.15) is 0 Å². The average molecular weight is 323 g/mol. The van der Waals surface area contributed by atoms with Crippen LogP contribution >= 0.6 is 15.9 Å². The number of halogens is 1. The summed E-state index contributed by atoms with van der Waals surface area (Å²) in [6.45, 7) is 1.77. The minimum atomic E-state index is -3.65. The Hall–Kier alpha value is -1.15. The summed E-state index contributed by atoms with van der Waals surface area (Å²) < 4.78 is 25.9. The number of pyridine rings is 1. The number of aryl methyl sites for hydroxylation is 1. The van der Waals surface area contributed by atoms with Gasteiger partial charge in [0.05, 0.1) is 24.1 Å². The zero-order valence-corrected chi connectivity index (χ0v) is 11.4. The summed E-state index contributed by atoms with van der Waals surface area (Å²) in [4.78, 5) is 14.2. The predicted molar refractivity (Wildman–Crippen MR) is 66.3 cm³/mol. The number of carbonyl (C=O) groups is 1. The molecule has 0 saturated heterocycles. The van der Waals surface area contributed by atoms with Crippen LogP contribution in [0.5, 0.6) is 0 Å². The normalized spacial score (nSPS) is 11.2. The molecular weight excluding hydrogens is 312 g/mol. The number of hydrogen-bond donors (Lipinski definition) is 2. The lowest BCUT2D eigenvalue weighted by molar-refractivity contribution is -0.136. The van der Waals surface area contributed by atoms with E-state index in [-0.39, 0.29) is 0 Å². The zero-order chi connectivity index (χ0) is 13.1. The lowest BCUT2D eigenvalue weighted by Crippen LogP contribution is -2.19. The fourth-order valence-corrected chi connectivity index (χ4v) is 2.30. The second-order valence-corrected chi connectivity index (χ2v) is 5.99. The van der Waals surface area contributed by atoms with Crippen LogP contribution in [-0.4, -0.2) is 30.2 Å². The Bertz CT molecular complexity index is 530. The van der Waals surface area contributed by atoms with E-state index in [0.717, 1.165) is 5.56 Å². The Labute approximate surface area is 107 Å². The summed E-state index contributed by atoms with van der Waals surface area (Å²) in [6.07, 6.45) is 0.924. The van der Waals surface area contributed by atoms with Gasteiger partial charge in [-0.25, -0.2) is 13.4 Å². The number of nitrogens with one attached hydrogen (secondary N) is 1. The minimum Gasteiger partial charge on any atom is -0.481 e. The van der Waals surface area contributed by atoms with E-state index in [1.165, 1.54) is 6.20 Å². The second-order valence-electron chi connectivity index (χ2n) is 3.40. The van der Waals surface area contributed by atoms with Crippen LogP contribution in [0.3, 0.4) is 0 Å². The summed E-state index contributed by atoms with van der Waals surface area (Å²) in [5.74, 6) is -1.61. The topological polar surface area (TPSA) is 96.4 Å². The summed E-state index contributed by atoms with van der Waals surface area (Å²) in [7, 11) is -3.65. The van der Waals surface area contributed by atoms with Gasteiger partial charge >= 0.3 is 5.97 Å². The van der Waals surface area contributed by atoms with Crippen molar-refractivity contribution in [2.45, 2.75) is 13.3 Å². The van der Waals surface area contributed by atoms with Gasteiger partial charge in [0, 0.05) is 0 Å². The molecule has 0 radical (unpaired) electrons. The molecule has 0 spiro atoms. The minimum absolute atomic E-state index is 0.316. The molecule has 0 atom stereocenters. The molecule has 0 amide bonds. The molecule has 1 heterocycles. The average Bonchev–Trinajstić information content (AvgIpc) is 2.21. The molecule has 0 aromatic carbocycles. The van der Waals surface area contributed by atoms with Crippen molar-refractivity contribution in [3.05, 3.63) is 22.4 Å². The molecule has 0 aliphatic heterocycles. The maximum absolute atomic E-state index is 11.5. The lowest BCUT2D eigenvalue weighted by atomic mass is 10.3. The molecule has 2 N–H and O–H groups in total. The van der Waals surface area contributed by atoms with Gasteiger partial charge in [-0.15, -0.1) is 0 Å². The second kappa shape index (κ2) is 5.46. The third-order valence-corrected chi connectivity index (χ3v) is 3.99. The number of aromatic nitrogens is 1. The molecule has 0 aliphatic rings. The van der Waals surface area contributed by atoms with Crippen molar-refractivity contribution >= 4 is 37.6 Å². The molecule has 0 unspecified atom stereocenters. The zero-order valence-electron chi connectivity index (χ0n) is 8.97. The lowest BCUT2D eigenvalue weighted by Gasteiger charge is -2.07. The molecule has 1 aromatic rings.